The van der Waals surface area contributed by atoms with Gasteiger partial charge in [0.1, 0.15) is 0 Å². The second kappa shape index (κ2) is 4.00. The van der Waals surface area contributed by atoms with Crippen LogP contribution in [0.3, 0.4) is 0 Å². The average Bonchev–Trinajstić information content (AvgIpc) is 2.61. The third-order valence-corrected chi connectivity index (χ3v) is 2.71. The van der Waals surface area contributed by atoms with Crippen LogP contribution in [0.15, 0.2) is 35.1 Å². The minimum Gasteiger partial charge on any atom is -0.268 e. The molecular formula is C13H16N2O. The van der Waals surface area contributed by atoms with E-state index in [2.05, 4.69) is 18.9 Å². The van der Waals surface area contributed by atoms with Crippen molar-refractivity contribution < 1.29 is 0 Å². The molecule has 3 heteroatoms. The number of aromatic nitrogens is 2. The minimum absolute atomic E-state index is 0.0491. The van der Waals surface area contributed by atoms with Crippen molar-refractivity contribution in [3.8, 4) is 5.69 Å². The Labute approximate surface area is 94.7 Å². The van der Waals surface area contributed by atoms with Gasteiger partial charge in [0.05, 0.1) is 5.69 Å². The fraction of sp³-hybridized carbons (Fsp3) is 0.308. The first kappa shape index (κ1) is 10.7. The zero-order valence-electron chi connectivity index (χ0n) is 9.82. The van der Waals surface area contributed by atoms with E-state index in [-0.39, 0.29) is 5.56 Å². The third kappa shape index (κ3) is 1.81. The maximum Gasteiger partial charge on any atom is 0.264 e. The van der Waals surface area contributed by atoms with Gasteiger partial charge in [0.15, 0.2) is 0 Å². The Morgan fingerprint density at radius 2 is 1.94 bits per heavy atom. The minimum atomic E-state index is -0.0491. The van der Waals surface area contributed by atoms with Crippen LogP contribution in [0.2, 0.25) is 0 Å². The molecule has 2 aromatic rings. The van der Waals surface area contributed by atoms with Gasteiger partial charge in [-0.25, -0.2) is 0 Å². The van der Waals surface area contributed by atoms with E-state index in [0.717, 1.165) is 16.9 Å². The Balaban J connectivity index is 2.64. The number of aromatic amines is 1. The second-order valence-corrected chi connectivity index (χ2v) is 4.32. The summed E-state index contributed by atoms with van der Waals surface area (Å²) >= 11 is 0. The predicted octanol–water partition coefficient (Wildman–Crippen LogP) is 2.60. The molecule has 0 unspecified atom stereocenters. The molecule has 16 heavy (non-hydrogen) atoms. The standard InChI is InChI=1S/C13H16N2O/c1-9(2)12-8-13(16)14-15(12)11-7-5-4-6-10(11)3/h4-9H,1-3H3,(H,14,16). The van der Waals surface area contributed by atoms with Gasteiger partial charge in [-0.05, 0) is 24.5 Å². The first-order valence-corrected chi connectivity index (χ1v) is 5.47. The highest BCUT2D eigenvalue weighted by atomic mass is 16.1. The van der Waals surface area contributed by atoms with Crippen molar-refractivity contribution in [3.05, 3.63) is 51.9 Å². The van der Waals surface area contributed by atoms with Gasteiger partial charge in [0.2, 0.25) is 0 Å². The molecule has 0 bridgehead atoms. The van der Waals surface area contributed by atoms with Gasteiger partial charge in [-0.2, -0.15) is 0 Å². The van der Waals surface area contributed by atoms with Gasteiger partial charge in [0.25, 0.3) is 5.56 Å². The van der Waals surface area contributed by atoms with E-state index in [9.17, 15) is 4.79 Å². The Morgan fingerprint density at radius 1 is 1.25 bits per heavy atom. The number of aryl methyl sites for hydroxylation is 1. The van der Waals surface area contributed by atoms with E-state index in [1.807, 2.05) is 35.9 Å². The predicted molar refractivity (Wildman–Crippen MR) is 65.2 cm³/mol. The normalized spacial score (nSPS) is 11.0. The molecule has 2 rings (SSSR count). The number of nitrogens with one attached hydrogen (secondary N) is 1. The van der Waals surface area contributed by atoms with E-state index in [1.165, 1.54) is 0 Å². The number of H-pyrrole nitrogens is 1. The Kier molecular flexibility index (Phi) is 2.69. The lowest BCUT2D eigenvalue weighted by molar-refractivity contribution is 0.728. The zero-order chi connectivity index (χ0) is 11.7. The molecule has 84 valence electrons. The van der Waals surface area contributed by atoms with Crippen molar-refractivity contribution in [2.75, 3.05) is 0 Å². The van der Waals surface area contributed by atoms with Crippen LogP contribution >= 0.6 is 0 Å². The molecule has 1 heterocycles. The van der Waals surface area contributed by atoms with Crippen LogP contribution in [-0.4, -0.2) is 9.78 Å². The fourth-order valence-electron chi connectivity index (χ4n) is 1.84. The van der Waals surface area contributed by atoms with Gasteiger partial charge in [-0.3, -0.25) is 14.6 Å². The van der Waals surface area contributed by atoms with Crippen LogP contribution in [0.1, 0.15) is 31.0 Å². The molecule has 0 aliphatic heterocycles. The molecule has 3 nitrogen and oxygen atoms in total. The monoisotopic (exact) mass is 216 g/mol. The van der Waals surface area contributed by atoms with Crippen molar-refractivity contribution in [2.24, 2.45) is 0 Å². The molecule has 0 spiro atoms. The maximum atomic E-state index is 11.4. The summed E-state index contributed by atoms with van der Waals surface area (Å²) in [6.45, 7) is 6.20. The van der Waals surface area contributed by atoms with Gasteiger partial charge >= 0.3 is 0 Å². The molecule has 1 aromatic heterocycles. The van der Waals surface area contributed by atoms with Gasteiger partial charge in [-0.1, -0.05) is 32.0 Å². The number of rotatable bonds is 2. The zero-order valence-corrected chi connectivity index (χ0v) is 9.82. The van der Waals surface area contributed by atoms with E-state index >= 15 is 0 Å². The summed E-state index contributed by atoms with van der Waals surface area (Å²) in [5.74, 6) is 0.318. The SMILES string of the molecule is Cc1ccccc1-n1[nH]c(=O)cc1C(C)C. The van der Waals surface area contributed by atoms with E-state index in [4.69, 9.17) is 0 Å². The number of para-hydroxylation sites is 1. The number of hydrogen-bond acceptors (Lipinski definition) is 1. The molecule has 0 atom stereocenters. The summed E-state index contributed by atoms with van der Waals surface area (Å²) in [4.78, 5) is 11.4. The highest BCUT2D eigenvalue weighted by Gasteiger charge is 2.10. The van der Waals surface area contributed by atoms with E-state index in [0.29, 0.717) is 5.92 Å². The van der Waals surface area contributed by atoms with Crippen LogP contribution in [0, 0.1) is 6.92 Å². The van der Waals surface area contributed by atoms with Crippen LogP contribution in [-0.2, 0) is 0 Å². The van der Waals surface area contributed by atoms with E-state index in [1.54, 1.807) is 6.07 Å². The maximum absolute atomic E-state index is 11.4. The third-order valence-electron chi connectivity index (χ3n) is 2.71. The number of benzene rings is 1. The Hall–Kier alpha value is -1.77. The average molecular weight is 216 g/mol. The molecule has 0 amide bonds. The largest absolute Gasteiger partial charge is 0.268 e. The summed E-state index contributed by atoms with van der Waals surface area (Å²) in [6.07, 6.45) is 0. The van der Waals surface area contributed by atoms with Gasteiger partial charge < -0.3 is 0 Å². The smallest absolute Gasteiger partial charge is 0.264 e. The Morgan fingerprint density at radius 3 is 2.56 bits per heavy atom. The first-order valence-electron chi connectivity index (χ1n) is 5.47. The van der Waals surface area contributed by atoms with Crippen LogP contribution < -0.4 is 5.56 Å². The highest BCUT2D eigenvalue weighted by Crippen LogP contribution is 2.18. The first-order chi connectivity index (χ1) is 7.59. The lowest BCUT2D eigenvalue weighted by Crippen LogP contribution is -2.07. The van der Waals surface area contributed by atoms with Crippen LogP contribution in [0.25, 0.3) is 5.69 Å². The van der Waals surface area contributed by atoms with Crippen LogP contribution in [0.5, 0.6) is 0 Å². The summed E-state index contributed by atoms with van der Waals surface area (Å²) in [5.41, 5.74) is 3.15. The van der Waals surface area contributed by atoms with Crippen molar-refractivity contribution in [1.82, 2.24) is 9.78 Å². The summed E-state index contributed by atoms with van der Waals surface area (Å²) in [6, 6.07) is 9.69. The lowest BCUT2D eigenvalue weighted by Gasteiger charge is -2.12. The molecule has 0 saturated heterocycles. The quantitative estimate of drug-likeness (QED) is 0.823. The number of hydrogen-bond donors (Lipinski definition) is 1. The topological polar surface area (TPSA) is 37.8 Å². The van der Waals surface area contributed by atoms with Crippen molar-refractivity contribution in [2.45, 2.75) is 26.7 Å². The summed E-state index contributed by atoms with van der Waals surface area (Å²) in [5, 5.41) is 2.84. The second-order valence-electron chi connectivity index (χ2n) is 4.32. The van der Waals surface area contributed by atoms with Gasteiger partial charge in [0, 0.05) is 11.8 Å². The molecule has 0 saturated carbocycles. The lowest BCUT2D eigenvalue weighted by atomic mass is 10.1. The molecule has 0 radical (unpaired) electrons. The summed E-state index contributed by atoms with van der Waals surface area (Å²) < 4.78 is 1.88. The molecule has 0 aliphatic rings. The van der Waals surface area contributed by atoms with Crippen molar-refractivity contribution in [3.63, 3.8) is 0 Å². The molecule has 0 aliphatic carbocycles. The Bertz CT molecular complexity index is 549. The molecule has 1 N–H and O–H groups in total. The van der Waals surface area contributed by atoms with Crippen LogP contribution in [0.4, 0.5) is 0 Å². The number of nitrogens with zero attached hydrogens (tertiary/aromatic N) is 1. The summed E-state index contributed by atoms with van der Waals surface area (Å²) in [7, 11) is 0. The fourth-order valence-corrected chi connectivity index (χ4v) is 1.84. The van der Waals surface area contributed by atoms with E-state index < -0.39 is 0 Å². The molecular weight excluding hydrogens is 200 g/mol. The highest BCUT2D eigenvalue weighted by molar-refractivity contribution is 5.40. The van der Waals surface area contributed by atoms with Crippen molar-refractivity contribution >= 4 is 0 Å². The van der Waals surface area contributed by atoms with Crippen molar-refractivity contribution in [1.29, 1.82) is 0 Å². The molecule has 0 fully saturated rings. The van der Waals surface area contributed by atoms with Gasteiger partial charge in [-0.15, -0.1) is 0 Å². The molecule has 1 aromatic carbocycles.